The molecule has 0 fully saturated rings. The second-order valence-corrected chi connectivity index (χ2v) is 5.69. The van der Waals surface area contributed by atoms with Crippen LogP contribution in [-0.4, -0.2) is 40.9 Å². The Balaban J connectivity index is 1.59. The van der Waals surface area contributed by atoms with E-state index in [1.807, 2.05) is 56.3 Å². The summed E-state index contributed by atoms with van der Waals surface area (Å²) in [4.78, 5) is 0. The van der Waals surface area contributed by atoms with E-state index >= 15 is 0 Å². The SMILES string of the molecule is CCOc1cc(/C=N/n2cnnc2)ccc1OCCOc1ccccc1C. The summed E-state index contributed by atoms with van der Waals surface area (Å²) < 4.78 is 18.8. The van der Waals surface area contributed by atoms with Crippen LogP contribution >= 0.6 is 0 Å². The van der Waals surface area contributed by atoms with Gasteiger partial charge in [0, 0.05) is 0 Å². The van der Waals surface area contributed by atoms with Gasteiger partial charge in [-0.05, 0) is 49.2 Å². The molecular weight excluding hydrogens is 344 g/mol. The van der Waals surface area contributed by atoms with Gasteiger partial charge in [-0.1, -0.05) is 18.2 Å². The number of aryl methyl sites for hydroxylation is 1. The largest absolute Gasteiger partial charge is 0.490 e. The number of ether oxygens (including phenoxy) is 3. The van der Waals surface area contributed by atoms with Crippen LogP contribution in [0, 0.1) is 6.92 Å². The number of para-hydroxylation sites is 1. The third-order valence-electron chi connectivity index (χ3n) is 3.71. The summed E-state index contributed by atoms with van der Waals surface area (Å²) in [5.74, 6) is 2.21. The average molecular weight is 366 g/mol. The van der Waals surface area contributed by atoms with Crippen molar-refractivity contribution in [3.8, 4) is 17.2 Å². The van der Waals surface area contributed by atoms with E-state index in [-0.39, 0.29) is 0 Å². The zero-order valence-corrected chi connectivity index (χ0v) is 15.4. The van der Waals surface area contributed by atoms with Gasteiger partial charge < -0.3 is 14.2 Å². The lowest BCUT2D eigenvalue weighted by Crippen LogP contribution is -2.10. The summed E-state index contributed by atoms with van der Waals surface area (Å²) in [7, 11) is 0. The maximum absolute atomic E-state index is 5.84. The first-order chi connectivity index (χ1) is 13.3. The quantitative estimate of drug-likeness (QED) is 0.429. The van der Waals surface area contributed by atoms with Crippen molar-refractivity contribution >= 4 is 6.21 Å². The summed E-state index contributed by atoms with van der Waals surface area (Å²) in [6, 6.07) is 13.6. The first-order valence-electron chi connectivity index (χ1n) is 8.73. The van der Waals surface area contributed by atoms with Crippen molar-refractivity contribution < 1.29 is 14.2 Å². The highest BCUT2D eigenvalue weighted by Crippen LogP contribution is 2.28. The van der Waals surface area contributed by atoms with Crippen LogP contribution in [-0.2, 0) is 0 Å². The van der Waals surface area contributed by atoms with Gasteiger partial charge in [-0.15, -0.1) is 10.2 Å². The molecule has 0 aliphatic heterocycles. The number of hydrogen-bond acceptors (Lipinski definition) is 6. The van der Waals surface area contributed by atoms with Crippen LogP contribution < -0.4 is 14.2 Å². The zero-order valence-electron chi connectivity index (χ0n) is 15.4. The van der Waals surface area contributed by atoms with Gasteiger partial charge in [-0.2, -0.15) is 5.10 Å². The van der Waals surface area contributed by atoms with Crippen molar-refractivity contribution in [1.82, 2.24) is 14.9 Å². The molecule has 0 spiro atoms. The number of benzene rings is 2. The molecule has 7 heteroatoms. The van der Waals surface area contributed by atoms with Gasteiger partial charge in [-0.25, -0.2) is 4.68 Å². The van der Waals surface area contributed by atoms with E-state index in [0.717, 1.165) is 16.9 Å². The lowest BCUT2D eigenvalue weighted by molar-refractivity contribution is 0.207. The van der Waals surface area contributed by atoms with E-state index in [9.17, 15) is 0 Å². The number of nitrogens with zero attached hydrogens (tertiary/aromatic N) is 4. The number of aromatic nitrogens is 3. The third-order valence-corrected chi connectivity index (χ3v) is 3.71. The summed E-state index contributed by atoms with van der Waals surface area (Å²) in [5, 5.41) is 11.6. The molecule has 27 heavy (non-hydrogen) atoms. The third kappa shape index (κ3) is 5.31. The zero-order chi connectivity index (χ0) is 18.9. The number of hydrogen-bond donors (Lipinski definition) is 0. The molecule has 0 saturated carbocycles. The molecule has 0 N–H and O–H groups in total. The van der Waals surface area contributed by atoms with Crippen molar-refractivity contribution in [2.45, 2.75) is 13.8 Å². The molecule has 0 amide bonds. The van der Waals surface area contributed by atoms with Gasteiger partial charge >= 0.3 is 0 Å². The average Bonchev–Trinajstić information content (AvgIpc) is 3.20. The van der Waals surface area contributed by atoms with Crippen LogP contribution in [0.4, 0.5) is 0 Å². The van der Waals surface area contributed by atoms with Crippen molar-refractivity contribution in [3.63, 3.8) is 0 Å². The van der Waals surface area contributed by atoms with E-state index in [1.54, 1.807) is 6.21 Å². The standard InChI is InChI=1S/C20H22N4O3/c1-3-25-20-12-17(13-23-24-14-21-22-15-24)8-9-19(20)27-11-10-26-18-7-5-4-6-16(18)2/h4-9,12-15H,3,10-11H2,1-2H3/b23-13+. The first kappa shape index (κ1) is 18.4. The van der Waals surface area contributed by atoms with Gasteiger partial charge in [0.05, 0.1) is 12.8 Å². The van der Waals surface area contributed by atoms with E-state index in [2.05, 4.69) is 15.3 Å². The van der Waals surface area contributed by atoms with Gasteiger partial charge in [0.25, 0.3) is 0 Å². The van der Waals surface area contributed by atoms with Crippen LogP contribution in [0.3, 0.4) is 0 Å². The highest BCUT2D eigenvalue weighted by atomic mass is 16.5. The van der Waals surface area contributed by atoms with E-state index in [0.29, 0.717) is 31.3 Å². The van der Waals surface area contributed by atoms with Crippen molar-refractivity contribution in [2.24, 2.45) is 5.10 Å². The summed E-state index contributed by atoms with van der Waals surface area (Å²) in [6.07, 6.45) is 4.74. The molecule has 140 valence electrons. The Hall–Kier alpha value is -3.35. The minimum absolute atomic E-state index is 0.419. The van der Waals surface area contributed by atoms with Crippen LogP contribution in [0.25, 0.3) is 0 Å². The normalized spacial score (nSPS) is 10.9. The topological polar surface area (TPSA) is 70.8 Å². The molecule has 0 unspecified atom stereocenters. The number of rotatable bonds is 9. The fourth-order valence-corrected chi connectivity index (χ4v) is 2.40. The van der Waals surface area contributed by atoms with E-state index in [4.69, 9.17) is 14.2 Å². The molecule has 1 heterocycles. The lowest BCUT2D eigenvalue weighted by Gasteiger charge is -2.13. The Bertz CT molecular complexity index is 879. The van der Waals surface area contributed by atoms with Crippen LogP contribution in [0.15, 0.2) is 60.2 Å². The molecule has 0 aliphatic rings. The minimum atomic E-state index is 0.419. The van der Waals surface area contributed by atoms with Crippen LogP contribution in [0.2, 0.25) is 0 Å². The summed E-state index contributed by atoms with van der Waals surface area (Å²) in [5.41, 5.74) is 1.99. The monoisotopic (exact) mass is 366 g/mol. The van der Waals surface area contributed by atoms with E-state index < -0.39 is 0 Å². The Kier molecular flexibility index (Phi) is 6.40. The molecule has 1 aromatic heterocycles. The maximum atomic E-state index is 5.84. The van der Waals surface area contributed by atoms with Crippen molar-refractivity contribution in [2.75, 3.05) is 19.8 Å². The second kappa shape index (κ2) is 9.38. The Morgan fingerprint density at radius 2 is 1.67 bits per heavy atom. The molecule has 3 rings (SSSR count). The fraction of sp³-hybridized carbons (Fsp3) is 0.250. The minimum Gasteiger partial charge on any atom is -0.490 e. The maximum Gasteiger partial charge on any atom is 0.161 e. The Morgan fingerprint density at radius 1 is 0.926 bits per heavy atom. The van der Waals surface area contributed by atoms with Crippen LogP contribution in [0.5, 0.6) is 17.2 Å². The summed E-state index contributed by atoms with van der Waals surface area (Å²) in [6.45, 7) is 5.37. The molecule has 0 saturated heterocycles. The Morgan fingerprint density at radius 3 is 2.41 bits per heavy atom. The second-order valence-electron chi connectivity index (χ2n) is 5.69. The highest BCUT2D eigenvalue weighted by molar-refractivity contribution is 5.80. The molecule has 3 aromatic rings. The first-order valence-corrected chi connectivity index (χ1v) is 8.73. The summed E-state index contributed by atoms with van der Waals surface area (Å²) >= 11 is 0. The molecule has 0 aliphatic carbocycles. The van der Waals surface area contributed by atoms with Crippen molar-refractivity contribution in [3.05, 3.63) is 66.2 Å². The van der Waals surface area contributed by atoms with Gasteiger partial charge in [-0.3, -0.25) is 0 Å². The molecular formula is C20H22N4O3. The van der Waals surface area contributed by atoms with Crippen molar-refractivity contribution in [1.29, 1.82) is 0 Å². The molecule has 0 atom stereocenters. The van der Waals surface area contributed by atoms with Gasteiger partial charge in [0.2, 0.25) is 0 Å². The lowest BCUT2D eigenvalue weighted by atomic mass is 10.2. The van der Waals surface area contributed by atoms with Crippen LogP contribution in [0.1, 0.15) is 18.1 Å². The van der Waals surface area contributed by atoms with Gasteiger partial charge in [0.1, 0.15) is 31.6 Å². The molecule has 2 aromatic carbocycles. The molecule has 0 radical (unpaired) electrons. The highest BCUT2D eigenvalue weighted by Gasteiger charge is 2.06. The molecule has 0 bridgehead atoms. The molecule has 7 nitrogen and oxygen atoms in total. The Labute approximate surface area is 158 Å². The van der Waals surface area contributed by atoms with E-state index in [1.165, 1.54) is 17.3 Å². The fourth-order valence-electron chi connectivity index (χ4n) is 2.40. The smallest absolute Gasteiger partial charge is 0.161 e. The predicted molar refractivity (Wildman–Crippen MR) is 103 cm³/mol. The van der Waals surface area contributed by atoms with Gasteiger partial charge in [0.15, 0.2) is 11.5 Å². The predicted octanol–water partition coefficient (Wildman–Crippen LogP) is 3.33.